The molecule has 0 aliphatic heterocycles. The molecule has 0 bridgehead atoms. The van der Waals surface area contributed by atoms with E-state index in [2.05, 4.69) is 15.4 Å². The van der Waals surface area contributed by atoms with Crippen molar-refractivity contribution in [1.82, 2.24) is 14.6 Å². The van der Waals surface area contributed by atoms with Crippen molar-refractivity contribution in [3.8, 4) is 22.1 Å². The summed E-state index contributed by atoms with van der Waals surface area (Å²) in [5, 5.41) is 19.9. The second kappa shape index (κ2) is 12.3. The molecule has 0 unspecified atom stereocenters. The quantitative estimate of drug-likeness (QED) is 0.136. The second-order valence-electron chi connectivity index (χ2n) is 10.4. The molecule has 3 heterocycles. The Labute approximate surface area is 267 Å². The summed E-state index contributed by atoms with van der Waals surface area (Å²) in [4.78, 5) is 29.1. The SMILES string of the molecule is O=C(Nc1cc(Oc2ccc(Cl)cc2C2CCCCC2)cc([N+](=O)[O-])c1)c1nn2c(C(F)(F)F)cc(-c3cccs3)nc2c1Cl. The maximum Gasteiger partial charge on any atom is 0.433 e. The highest BCUT2D eigenvalue weighted by Gasteiger charge is 2.37. The smallest absolute Gasteiger partial charge is 0.433 e. The van der Waals surface area contributed by atoms with Crippen LogP contribution in [0.5, 0.6) is 11.5 Å². The zero-order valence-electron chi connectivity index (χ0n) is 23.1. The zero-order chi connectivity index (χ0) is 31.9. The number of anilines is 1. The molecule has 9 nitrogen and oxygen atoms in total. The van der Waals surface area contributed by atoms with Crippen LogP contribution in [0.4, 0.5) is 24.5 Å². The van der Waals surface area contributed by atoms with E-state index in [9.17, 15) is 28.1 Å². The number of nitrogens with one attached hydrogen (secondary N) is 1. The number of amides is 1. The van der Waals surface area contributed by atoms with E-state index in [0.29, 0.717) is 20.2 Å². The van der Waals surface area contributed by atoms with Gasteiger partial charge in [-0.15, -0.1) is 11.3 Å². The highest BCUT2D eigenvalue weighted by Crippen LogP contribution is 2.41. The molecule has 45 heavy (non-hydrogen) atoms. The van der Waals surface area contributed by atoms with Crippen LogP contribution >= 0.6 is 34.5 Å². The van der Waals surface area contributed by atoms with Crippen LogP contribution in [0.2, 0.25) is 10.0 Å². The average molecular weight is 677 g/mol. The number of carbonyl (C=O) groups is 1. The molecule has 1 aliphatic carbocycles. The number of ether oxygens (including phenoxy) is 1. The molecule has 1 aliphatic rings. The third kappa shape index (κ3) is 6.46. The molecule has 5 aromatic rings. The molecule has 0 spiro atoms. The van der Waals surface area contributed by atoms with Gasteiger partial charge in [-0.25, -0.2) is 9.50 Å². The van der Waals surface area contributed by atoms with Crippen LogP contribution in [0.25, 0.3) is 16.2 Å². The fraction of sp³-hybridized carbons (Fsp3) is 0.233. The molecule has 2 aromatic carbocycles. The molecule has 232 valence electrons. The Morgan fingerprint density at radius 3 is 2.56 bits per heavy atom. The van der Waals surface area contributed by atoms with Gasteiger partial charge in [0.2, 0.25) is 0 Å². The summed E-state index contributed by atoms with van der Waals surface area (Å²) in [5.41, 5.74) is -1.67. The van der Waals surface area contributed by atoms with Gasteiger partial charge in [-0.1, -0.05) is 48.5 Å². The van der Waals surface area contributed by atoms with Gasteiger partial charge in [-0.3, -0.25) is 14.9 Å². The maximum absolute atomic E-state index is 14.0. The summed E-state index contributed by atoms with van der Waals surface area (Å²) in [6.07, 6.45) is 0.315. The normalized spacial score (nSPS) is 14.1. The molecule has 0 atom stereocenters. The lowest BCUT2D eigenvalue weighted by molar-refractivity contribution is -0.384. The van der Waals surface area contributed by atoms with Crippen molar-refractivity contribution < 1.29 is 27.6 Å². The summed E-state index contributed by atoms with van der Waals surface area (Å²) in [6, 6.07) is 12.9. The molecular formula is C30H22Cl2F3N5O4S. The lowest BCUT2D eigenvalue weighted by Gasteiger charge is -2.24. The number of carbonyl (C=O) groups excluding carboxylic acids is 1. The lowest BCUT2D eigenvalue weighted by Crippen LogP contribution is -2.16. The van der Waals surface area contributed by atoms with Crippen LogP contribution in [-0.2, 0) is 6.18 Å². The first-order chi connectivity index (χ1) is 21.5. The number of aromatic nitrogens is 3. The van der Waals surface area contributed by atoms with E-state index in [1.807, 2.05) is 6.07 Å². The molecule has 1 saturated carbocycles. The molecular weight excluding hydrogens is 654 g/mol. The summed E-state index contributed by atoms with van der Waals surface area (Å²) >= 11 is 13.8. The summed E-state index contributed by atoms with van der Waals surface area (Å²) < 4.78 is 48.7. The van der Waals surface area contributed by atoms with Crippen molar-refractivity contribution in [1.29, 1.82) is 0 Å². The number of hydrogen-bond acceptors (Lipinski definition) is 7. The first-order valence-corrected chi connectivity index (χ1v) is 15.4. The third-order valence-corrected chi connectivity index (χ3v) is 8.89. The van der Waals surface area contributed by atoms with Gasteiger partial charge in [0.25, 0.3) is 11.6 Å². The molecule has 0 radical (unpaired) electrons. The van der Waals surface area contributed by atoms with Gasteiger partial charge in [0.05, 0.1) is 27.2 Å². The minimum Gasteiger partial charge on any atom is -0.457 e. The second-order valence-corrected chi connectivity index (χ2v) is 12.2. The van der Waals surface area contributed by atoms with E-state index in [1.165, 1.54) is 23.5 Å². The van der Waals surface area contributed by atoms with Crippen molar-refractivity contribution in [2.75, 3.05) is 5.32 Å². The van der Waals surface area contributed by atoms with Crippen LogP contribution in [0.3, 0.4) is 0 Å². The van der Waals surface area contributed by atoms with Gasteiger partial charge in [0, 0.05) is 17.2 Å². The van der Waals surface area contributed by atoms with Crippen LogP contribution < -0.4 is 10.1 Å². The first kappa shape index (κ1) is 30.8. The Morgan fingerprint density at radius 2 is 1.87 bits per heavy atom. The van der Waals surface area contributed by atoms with Crippen molar-refractivity contribution >= 4 is 57.5 Å². The van der Waals surface area contributed by atoms with Crippen molar-refractivity contribution in [3.05, 3.63) is 97.1 Å². The van der Waals surface area contributed by atoms with E-state index in [4.69, 9.17) is 27.9 Å². The number of alkyl halides is 3. The van der Waals surface area contributed by atoms with Crippen molar-refractivity contribution in [3.63, 3.8) is 0 Å². The number of benzene rings is 2. The molecule has 1 N–H and O–H groups in total. The van der Waals surface area contributed by atoms with E-state index in [-0.39, 0.29) is 28.7 Å². The highest BCUT2D eigenvalue weighted by atomic mass is 35.5. The minimum atomic E-state index is -4.85. The van der Waals surface area contributed by atoms with Crippen LogP contribution in [0.15, 0.2) is 60.0 Å². The maximum atomic E-state index is 14.0. The highest BCUT2D eigenvalue weighted by molar-refractivity contribution is 7.13. The molecule has 15 heteroatoms. The van der Waals surface area contributed by atoms with Crippen LogP contribution in [0.1, 0.15) is 59.8 Å². The van der Waals surface area contributed by atoms with E-state index in [1.54, 1.807) is 29.6 Å². The van der Waals surface area contributed by atoms with E-state index >= 15 is 0 Å². The van der Waals surface area contributed by atoms with Gasteiger partial charge >= 0.3 is 6.18 Å². The van der Waals surface area contributed by atoms with Crippen molar-refractivity contribution in [2.24, 2.45) is 0 Å². The monoisotopic (exact) mass is 675 g/mol. The molecule has 6 rings (SSSR count). The zero-order valence-corrected chi connectivity index (χ0v) is 25.4. The predicted molar refractivity (Wildman–Crippen MR) is 165 cm³/mol. The number of nitro benzene ring substituents is 1. The number of halogens is 5. The van der Waals surface area contributed by atoms with Crippen LogP contribution in [0, 0.1) is 10.1 Å². The Balaban J connectivity index is 1.35. The van der Waals surface area contributed by atoms with Gasteiger partial charge in [0.15, 0.2) is 17.0 Å². The number of hydrogen-bond donors (Lipinski definition) is 1. The summed E-state index contributed by atoms with van der Waals surface area (Å²) in [6.45, 7) is 0. The largest absolute Gasteiger partial charge is 0.457 e. The van der Waals surface area contributed by atoms with Crippen LogP contribution in [-0.4, -0.2) is 25.4 Å². The van der Waals surface area contributed by atoms with Crippen molar-refractivity contribution in [2.45, 2.75) is 44.2 Å². The third-order valence-electron chi connectivity index (χ3n) is 7.42. The molecule has 3 aromatic heterocycles. The van der Waals surface area contributed by atoms with Gasteiger partial charge in [0.1, 0.15) is 16.5 Å². The number of fused-ring (bicyclic) bond motifs is 1. The fourth-order valence-electron chi connectivity index (χ4n) is 5.37. The van der Waals surface area contributed by atoms with Gasteiger partial charge in [-0.05, 0) is 60.0 Å². The predicted octanol–water partition coefficient (Wildman–Crippen LogP) is 9.78. The number of nitro groups is 1. The first-order valence-electron chi connectivity index (χ1n) is 13.8. The minimum absolute atomic E-state index is 0.00820. The number of non-ortho nitro benzene ring substituents is 1. The number of nitrogens with zero attached hydrogens (tertiary/aromatic N) is 4. The van der Waals surface area contributed by atoms with Gasteiger partial charge in [-0.2, -0.15) is 18.3 Å². The van der Waals surface area contributed by atoms with Gasteiger partial charge < -0.3 is 10.1 Å². The van der Waals surface area contributed by atoms with E-state index < -0.39 is 39.1 Å². The number of rotatable bonds is 7. The Hall–Kier alpha value is -4.20. The molecule has 0 saturated heterocycles. The fourth-order valence-corrected chi connectivity index (χ4v) is 6.48. The Morgan fingerprint density at radius 1 is 1.09 bits per heavy atom. The Bertz CT molecular complexity index is 1930. The lowest BCUT2D eigenvalue weighted by atomic mass is 9.84. The Kier molecular flexibility index (Phi) is 8.42. The molecule has 1 fully saturated rings. The topological polar surface area (TPSA) is 112 Å². The van der Waals surface area contributed by atoms with E-state index in [0.717, 1.165) is 49.8 Å². The standard InChI is InChI=1S/C30H22Cl2F3N5O4S/c31-17-8-9-23(21(11-17)16-5-2-1-3-6-16)44-20-13-18(12-19(14-20)40(42)43)36-29(41)27-26(32)28-37-22(24-7-4-10-45-24)15-25(30(33,34)35)39(28)38-27/h4,7-16H,1-3,5-6H2,(H,36,41). The molecule has 1 amide bonds. The summed E-state index contributed by atoms with van der Waals surface area (Å²) in [5.74, 6) is -0.267. The average Bonchev–Trinajstić information content (AvgIpc) is 3.66. The number of thiophene rings is 1. The summed E-state index contributed by atoms with van der Waals surface area (Å²) in [7, 11) is 0.